The van der Waals surface area contributed by atoms with Gasteiger partial charge in [0.2, 0.25) is 0 Å². The van der Waals surface area contributed by atoms with Crippen LogP contribution in [0, 0.1) is 0 Å². The van der Waals surface area contributed by atoms with Crippen LogP contribution in [0.3, 0.4) is 0 Å². The Bertz CT molecular complexity index is 1300. The predicted molar refractivity (Wildman–Crippen MR) is 126 cm³/mol. The van der Waals surface area contributed by atoms with Crippen LogP contribution in [0.4, 0.5) is 13.2 Å². The molecule has 1 atom stereocenters. The van der Waals surface area contributed by atoms with E-state index in [-0.39, 0.29) is 10.6 Å². The van der Waals surface area contributed by atoms with Gasteiger partial charge in [-0.1, -0.05) is 0 Å². The number of piperidine rings is 1. The fourth-order valence-electron chi connectivity index (χ4n) is 3.79. The van der Waals surface area contributed by atoms with Gasteiger partial charge >= 0.3 is 146 Å². The van der Waals surface area contributed by atoms with Crippen LogP contribution in [-0.4, -0.2) is 62.7 Å². The van der Waals surface area contributed by atoms with Crippen LogP contribution < -0.4 is 19.3 Å². The van der Waals surface area contributed by atoms with E-state index in [2.05, 4.69) is 20.4 Å². The first-order chi connectivity index (χ1) is 16.3. The number of pyridine rings is 1. The Hall–Kier alpha value is -2.62. The topological polar surface area (TPSA) is 73.6 Å². The van der Waals surface area contributed by atoms with Crippen LogP contribution in [-0.2, 0) is 6.18 Å². The van der Waals surface area contributed by atoms with E-state index in [1.165, 1.54) is 17.5 Å². The minimum atomic E-state index is -4.46. The zero-order valence-corrected chi connectivity index (χ0v) is 21.3. The Kier molecular flexibility index (Phi) is 6.26. The van der Waals surface area contributed by atoms with Crippen molar-refractivity contribution in [2.75, 3.05) is 20.2 Å². The molecule has 0 radical (unpaired) electrons. The molecule has 4 aromatic rings. The van der Waals surface area contributed by atoms with Gasteiger partial charge in [0, 0.05) is 0 Å². The first-order valence-corrected chi connectivity index (χ1v) is 12.6. The van der Waals surface area contributed by atoms with Gasteiger partial charge in [-0.25, -0.2) is 0 Å². The average molecular weight is 551 g/mol. The van der Waals surface area contributed by atoms with Gasteiger partial charge in [0.1, 0.15) is 6.10 Å². The maximum atomic E-state index is 13.3. The van der Waals surface area contributed by atoms with Crippen molar-refractivity contribution in [1.82, 2.24) is 24.9 Å². The number of nitrogens with one attached hydrogen (secondary N) is 1. The molecule has 7 nitrogen and oxygen atoms in total. The Morgan fingerprint density at radius 2 is 1.94 bits per heavy atom. The molecule has 5 rings (SSSR count). The molecule has 178 valence electrons. The Morgan fingerprint density at radius 1 is 1.15 bits per heavy atom. The third-order valence-electron chi connectivity index (χ3n) is 5.55. The smallest absolute Gasteiger partial charge is 0.486 e. The molecule has 1 unspecified atom stereocenters. The third kappa shape index (κ3) is 4.64. The van der Waals surface area contributed by atoms with Gasteiger partial charge in [0.05, 0.1) is 7.11 Å². The zero-order chi connectivity index (χ0) is 23.9. The molecule has 0 saturated carbocycles. The van der Waals surface area contributed by atoms with Crippen molar-refractivity contribution in [3.63, 3.8) is 0 Å². The molecule has 1 saturated heterocycles. The summed E-state index contributed by atoms with van der Waals surface area (Å²) in [6.07, 6.45) is 0.597. The van der Waals surface area contributed by atoms with Crippen LogP contribution in [0.2, 0.25) is 0 Å². The van der Waals surface area contributed by atoms with E-state index in [1.807, 2.05) is 18.2 Å². The molecule has 1 aromatic carbocycles. The summed E-state index contributed by atoms with van der Waals surface area (Å²) >= 11 is 2.17. The summed E-state index contributed by atoms with van der Waals surface area (Å²) in [4.78, 5) is 8.96. The maximum absolute atomic E-state index is 13.3. The van der Waals surface area contributed by atoms with E-state index in [9.17, 15) is 13.2 Å². The summed E-state index contributed by atoms with van der Waals surface area (Å²) in [5, 5.41) is 8.59. The number of aromatic nitrogens is 4. The molecule has 1 fully saturated rings. The Balaban J connectivity index is 1.41. The molecular formula is C22H21AsF3N5O2S. The number of alkyl halides is 3. The first kappa shape index (κ1) is 23.1. The van der Waals surface area contributed by atoms with Gasteiger partial charge in [-0.3, -0.25) is 0 Å². The standard InChI is InChI=1S/C22H21AsF3N5O2S/c1-32-18-9-12(2-3-17(18)33-14-4-6-27-7-5-14)20-30-31-11-16(29-21(31)34-20)13-8-15(22(24,25)26)19(23)28-10-13/h2-3,8-11,14,27H,4-7,23H2,1H3. The molecule has 1 aliphatic rings. The number of hydrogen-bond acceptors (Lipinski definition) is 7. The average Bonchev–Trinajstić information content (AvgIpc) is 3.39. The fraction of sp³-hybridized carbons (Fsp3) is 0.318. The zero-order valence-electron chi connectivity index (χ0n) is 18.1. The predicted octanol–water partition coefficient (Wildman–Crippen LogP) is 2.94. The van der Waals surface area contributed by atoms with Crippen LogP contribution in [0.15, 0.2) is 36.7 Å². The monoisotopic (exact) mass is 551 g/mol. The summed E-state index contributed by atoms with van der Waals surface area (Å²) in [5.41, 5.74) is 0.784. The third-order valence-corrected chi connectivity index (χ3v) is 7.49. The van der Waals surface area contributed by atoms with Gasteiger partial charge in [-0.05, 0) is 25.9 Å². The van der Waals surface area contributed by atoms with Gasteiger partial charge < -0.3 is 14.8 Å². The Labute approximate surface area is 205 Å². The molecule has 0 amide bonds. The van der Waals surface area contributed by atoms with Crippen molar-refractivity contribution in [3.05, 3.63) is 42.2 Å². The van der Waals surface area contributed by atoms with E-state index < -0.39 is 11.7 Å². The van der Waals surface area contributed by atoms with E-state index >= 15 is 0 Å². The molecule has 1 N–H and O–H groups in total. The number of halogens is 3. The second-order valence-electron chi connectivity index (χ2n) is 7.85. The van der Waals surface area contributed by atoms with Gasteiger partial charge in [-0.15, -0.1) is 0 Å². The number of rotatable bonds is 5. The van der Waals surface area contributed by atoms with Crippen LogP contribution >= 0.6 is 11.3 Å². The Morgan fingerprint density at radius 3 is 2.65 bits per heavy atom. The van der Waals surface area contributed by atoms with E-state index in [0.29, 0.717) is 32.7 Å². The molecule has 12 heteroatoms. The minimum absolute atomic E-state index is 0.00768. The summed E-state index contributed by atoms with van der Waals surface area (Å²) in [5.74, 6) is 1.31. The van der Waals surface area contributed by atoms with Crippen molar-refractivity contribution in [2.24, 2.45) is 0 Å². The molecule has 34 heavy (non-hydrogen) atoms. The summed E-state index contributed by atoms with van der Waals surface area (Å²) in [6.45, 7) is 1.87. The van der Waals surface area contributed by atoms with Crippen molar-refractivity contribution < 1.29 is 22.6 Å². The SMILES string of the molecule is COc1cc(-c2nn3cc(-c4cnc([AsH2])c(C(F)(F)F)c4)nc3s2)ccc1OC1CCNCC1. The van der Waals surface area contributed by atoms with Crippen LogP contribution in [0.25, 0.3) is 26.8 Å². The summed E-state index contributed by atoms with van der Waals surface area (Å²) in [6, 6.07) is 6.75. The molecule has 1 aliphatic heterocycles. The molecular weight excluding hydrogens is 530 g/mol. The molecule has 0 spiro atoms. The van der Waals surface area contributed by atoms with Crippen molar-refractivity contribution in [2.45, 2.75) is 25.1 Å². The second-order valence-corrected chi connectivity index (χ2v) is 9.95. The van der Waals surface area contributed by atoms with E-state index in [4.69, 9.17) is 9.47 Å². The van der Waals surface area contributed by atoms with E-state index in [0.717, 1.165) is 54.4 Å². The van der Waals surface area contributed by atoms with Crippen LogP contribution in [0.1, 0.15) is 18.4 Å². The van der Waals surface area contributed by atoms with Gasteiger partial charge in [-0.2, -0.15) is 0 Å². The normalized spacial score (nSPS) is 15.1. The molecule has 0 bridgehead atoms. The van der Waals surface area contributed by atoms with Gasteiger partial charge in [0.15, 0.2) is 5.75 Å². The minimum Gasteiger partial charge on any atom is -0.486 e. The number of imidazole rings is 1. The number of fused-ring (bicyclic) bond motifs is 1. The summed E-state index contributed by atoms with van der Waals surface area (Å²) in [7, 11) is 1.60. The number of methoxy groups -OCH3 is 1. The van der Waals surface area contributed by atoms with E-state index in [1.54, 1.807) is 17.8 Å². The fourth-order valence-corrected chi connectivity index (χ4v) is 5.34. The molecule has 0 aliphatic carbocycles. The van der Waals surface area contributed by atoms with Crippen molar-refractivity contribution in [3.8, 4) is 33.3 Å². The number of nitrogens with zero attached hydrogens (tertiary/aromatic N) is 4. The van der Waals surface area contributed by atoms with Crippen molar-refractivity contribution in [1.29, 1.82) is 0 Å². The number of hydrogen-bond donors (Lipinski definition) is 1. The second kappa shape index (κ2) is 9.20. The number of ether oxygens (including phenoxy) is 2. The van der Waals surface area contributed by atoms with Crippen LogP contribution in [0.5, 0.6) is 11.5 Å². The molecule has 4 heterocycles. The quantitative estimate of drug-likeness (QED) is 0.385. The van der Waals surface area contributed by atoms with Crippen molar-refractivity contribution >= 4 is 37.6 Å². The molecule has 3 aromatic heterocycles. The number of benzene rings is 1. The first-order valence-electron chi connectivity index (χ1n) is 10.6. The van der Waals surface area contributed by atoms with Gasteiger partial charge in [0.25, 0.3) is 0 Å². The summed E-state index contributed by atoms with van der Waals surface area (Å²) < 4.78 is 53.0.